The third kappa shape index (κ3) is 5.41. The number of hydrogen-bond donors (Lipinski definition) is 1. The van der Waals surface area contributed by atoms with Crippen LogP contribution in [0, 0.1) is 0 Å². The molecule has 1 aliphatic heterocycles. The Labute approximate surface area is 163 Å². The number of alkyl halides is 2. The molecule has 0 saturated heterocycles. The van der Waals surface area contributed by atoms with E-state index in [1.807, 2.05) is 0 Å². The van der Waals surface area contributed by atoms with Crippen LogP contribution in [0.3, 0.4) is 0 Å². The first-order valence-corrected chi connectivity index (χ1v) is 8.31. The van der Waals surface area contributed by atoms with Crippen molar-refractivity contribution in [2.24, 2.45) is 0 Å². The van der Waals surface area contributed by atoms with Gasteiger partial charge in [-0.3, -0.25) is 9.59 Å². The van der Waals surface area contributed by atoms with Crippen molar-refractivity contribution in [1.29, 1.82) is 0 Å². The van der Waals surface area contributed by atoms with Gasteiger partial charge in [0.15, 0.2) is 30.5 Å². The van der Waals surface area contributed by atoms with Crippen LogP contribution in [0.25, 0.3) is 0 Å². The van der Waals surface area contributed by atoms with Gasteiger partial charge in [0, 0.05) is 17.3 Å². The van der Waals surface area contributed by atoms with E-state index in [4.69, 9.17) is 9.47 Å². The molecule has 8 nitrogen and oxygen atoms in total. The predicted molar refractivity (Wildman–Crippen MR) is 94.2 cm³/mol. The van der Waals surface area contributed by atoms with Crippen molar-refractivity contribution < 1.29 is 42.1 Å². The van der Waals surface area contributed by atoms with Crippen LogP contribution in [-0.2, 0) is 14.3 Å². The normalized spacial score (nSPS) is 13.5. The molecule has 0 aliphatic carbocycles. The fraction of sp³-hybridized carbons (Fsp3) is 0.211. The molecule has 0 fully saturated rings. The molecule has 0 saturated carbocycles. The molecule has 0 atom stereocenters. The molecule has 1 heterocycles. The second-order valence-corrected chi connectivity index (χ2v) is 5.91. The lowest BCUT2D eigenvalue weighted by atomic mass is 10.1. The number of carbonyl (C=O) groups excluding carboxylic acids is 3. The SMILES string of the molecule is CC(=O)c1cccc(OCC(=O)OCC(=O)Nc2ccc3c(c2)OC(F)(F)O3)c1. The summed E-state index contributed by atoms with van der Waals surface area (Å²) >= 11 is 0. The molecule has 0 radical (unpaired) electrons. The topological polar surface area (TPSA) is 100 Å². The van der Waals surface area contributed by atoms with Crippen molar-refractivity contribution in [2.75, 3.05) is 18.5 Å². The summed E-state index contributed by atoms with van der Waals surface area (Å²) in [7, 11) is 0. The Bertz CT molecular complexity index is 961. The standard InChI is InChI=1S/C19H15F2NO7/c1-11(23)12-3-2-4-14(7-12)26-10-18(25)27-9-17(24)22-13-5-6-15-16(8-13)29-19(20,21)28-15/h2-8H,9-10H2,1H3,(H,22,24). The molecule has 1 N–H and O–H groups in total. The van der Waals surface area contributed by atoms with Crippen molar-refractivity contribution in [2.45, 2.75) is 13.2 Å². The number of nitrogens with one attached hydrogen (secondary N) is 1. The summed E-state index contributed by atoms with van der Waals surface area (Å²) < 4.78 is 44.5. The van der Waals surface area contributed by atoms with Crippen LogP contribution >= 0.6 is 0 Å². The minimum Gasteiger partial charge on any atom is -0.482 e. The Morgan fingerprint density at radius 3 is 2.55 bits per heavy atom. The number of ketones is 1. The second kappa shape index (κ2) is 8.13. The number of fused-ring (bicyclic) bond motifs is 1. The Morgan fingerprint density at radius 1 is 1.03 bits per heavy atom. The lowest BCUT2D eigenvalue weighted by molar-refractivity contribution is -0.286. The van der Waals surface area contributed by atoms with Crippen LogP contribution in [0.1, 0.15) is 17.3 Å². The van der Waals surface area contributed by atoms with E-state index in [1.54, 1.807) is 18.2 Å². The summed E-state index contributed by atoms with van der Waals surface area (Å²) in [5.41, 5.74) is 0.583. The predicted octanol–water partition coefficient (Wildman–Crippen LogP) is 2.77. The molecule has 2 aromatic rings. The largest absolute Gasteiger partial charge is 0.586 e. The number of esters is 1. The zero-order valence-electron chi connectivity index (χ0n) is 15.1. The fourth-order valence-corrected chi connectivity index (χ4v) is 2.36. The van der Waals surface area contributed by atoms with Gasteiger partial charge in [-0.05, 0) is 31.2 Å². The molecule has 29 heavy (non-hydrogen) atoms. The van der Waals surface area contributed by atoms with Crippen LogP contribution in [0.15, 0.2) is 42.5 Å². The Hall–Kier alpha value is -3.69. The number of carbonyl (C=O) groups is 3. The Balaban J connectivity index is 1.44. The van der Waals surface area contributed by atoms with Gasteiger partial charge in [-0.2, -0.15) is 0 Å². The zero-order valence-corrected chi connectivity index (χ0v) is 15.1. The molecular formula is C19H15F2NO7. The molecule has 0 spiro atoms. The van der Waals surface area contributed by atoms with Gasteiger partial charge in [-0.15, -0.1) is 8.78 Å². The highest BCUT2D eigenvalue weighted by Crippen LogP contribution is 2.42. The first-order chi connectivity index (χ1) is 13.7. The van der Waals surface area contributed by atoms with Gasteiger partial charge in [0.05, 0.1) is 0 Å². The third-order valence-electron chi connectivity index (χ3n) is 3.65. The van der Waals surface area contributed by atoms with Gasteiger partial charge in [-0.25, -0.2) is 4.79 Å². The lowest BCUT2D eigenvalue weighted by Gasteiger charge is -2.09. The molecular weight excluding hydrogens is 392 g/mol. The molecule has 0 bridgehead atoms. The van der Waals surface area contributed by atoms with E-state index in [2.05, 4.69) is 14.8 Å². The van der Waals surface area contributed by atoms with Crippen LogP contribution in [0.5, 0.6) is 17.2 Å². The smallest absolute Gasteiger partial charge is 0.482 e. The number of Topliss-reactive ketones (excluding diaryl/α,β-unsaturated/α-hetero) is 1. The number of rotatable bonds is 7. The number of amides is 1. The van der Waals surface area contributed by atoms with Crippen molar-refractivity contribution in [3.63, 3.8) is 0 Å². The fourth-order valence-electron chi connectivity index (χ4n) is 2.36. The van der Waals surface area contributed by atoms with E-state index in [1.165, 1.54) is 25.1 Å². The van der Waals surface area contributed by atoms with E-state index in [-0.39, 0.29) is 23.0 Å². The van der Waals surface area contributed by atoms with Crippen LogP contribution in [0.2, 0.25) is 0 Å². The summed E-state index contributed by atoms with van der Waals surface area (Å²) in [6.07, 6.45) is -3.76. The first-order valence-electron chi connectivity index (χ1n) is 8.31. The molecule has 0 aromatic heterocycles. The third-order valence-corrected chi connectivity index (χ3v) is 3.65. The molecule has 152 valence electrons. The molecule has 10 heteroatoms. The number of ether oxygens (including phenoxy) is 4. The average Bonchev–Trinajstić information content (AvgIpc) is 2.98. The number of halogens is 2. The quantitative estimate of drug-likeness (QED) is 0.556. The molecule has 1 amide bonds. The number of anilines is 1. The van der Waals surface area contributed by atoms with Crippen molar-refractivity contribution in [3.8, 4) is 17.2 Å². The van der Waals surface area contributed by atoms with Gasteiger partial charge < -0.3 is 24.3 Å². The van der Waals surface area contributed by atoms with Gasteiger partial charge in [0.25, 0.3) is 5.91 Å². The first kappa shape index (κ1) is 20.1. The van der Waals surface area contributed by atoms with E-state index in [0.717, 1.165) is 6.07 Å². The zero-order chi connectivity index (χ0) is 21.0. The maximum atomic E-state index is 13.0. The molecule has 3 rings (SSSR count). The summed E-state index contributed by atoms with van der Waals surface area (Å²) in [4.78, 5) is 34.9. The van der Waals surface area contributed by atoms with Gasteiger partial charge in [0.2, 0.25) is 0 Å². The van der Waals surface area contributed by atoms with Crippen molar-refractivity contribution >= 4 is 23.3 Å². The maximum Gasteiger partial charge on any atom is 0.586 e. The Kier molecular flexibility index (Phi) is 5.62. The van der Waals surface area contributed by atoms with E-state index >= 15 is 0 Å². The maximum absolute atomic E-state index is 13.0. The van der Waals surface area contributed by atoms with Gasteiger partial charge in [-0.1, -0.05) is 12.1 Å². The van der Waals surface area contributed by atoms with Crippen molar-refractivity contribution in [1.82, 2.24) is 0 Å². The van der Waals surface area contributed by atoms with Gasteiger partial charge >= 0.3 is 12.3 Å². The monoisotopic (exact) mass is 407 g/mol. The highest BCUT2D eigenvalue weighted by Gasteiger charge is 2.43. The summed E-state index contributed by atoms with van der Waals surface area (Å²) in [6.45, 7) is 0.325. The Morgan fingerprint density at radius 2 is 1.79 bits per heavy atom. The highest BCUT2D eigenvalue weighted by molar-refractivity contribution is 5.94. The molecule has 0 unspecified atom stereocenters. The second-order valence-electron chi connectivity index (χ2n) is 5.91. The molecule has 2 aromatic carbocycles. The lowest BCUT2D eigenvalue weighted by Crippen LogP contribution is -2.26. The summed E-state index contributed by atoms with van der Waals surface area (Å²) in [6, 6.07) is 9.94. The number of hydrogen-bond acceptors (Lipinski definition) is 7. The summed E-state index contributed by atoms with van der Waals surface area (Å²) in [5.74, 6) is -1.74. The van der Waals surface area contributed by atoms with E-state index in [9.17, 15) is 23.2 Å². The van der Waals surface area contributed by atoms with Crippen LogP contribution in [-0.4, -0.2) is 37.2 Å². The molecule has 1 aliphatic rings. The van der Waals surface area contributed by atoms with Crippen LogP contribution in [0.4, 0.5) is 14.5 Å². The van der Waals surface area contributed by atoms with Crippen molar-refractivity contribution in [3.05, 3.63) is 48.0 Å². The van der Waals surface area contributed by atoms with E-state index in [0.29, 0.717) is 11.3 Å². The van der Waals surface area contributed by atoms with Gasteiger partial charge in [0.1, 0.15) is 5.75 Å². The minimum absolute atomic E-state index is 0.151. The highest BCUT2D eigenvalue weighted by atomic mass is 19.3. The number of benzene rings is 2. The van der Waals surface area contributed by atoms with E-state index < -0.39 is 31.4 Å². The summed E-state index contributed by atoms with van der Waals surface area (Å²) in [5, 5.41) is 2.37. The van der Waals surface area contributed by atoms with Crippen LogP contribution < -0.4 is 19.5 Å². The average molecular weight is 407 g/mol. The minimum atomic E-state index is -3.76.